The number of unbranched alkanes of at least 4 members (excludes halogenated alkanes) is 1. The Hall–Kier alpha value is -0.110. The van der Waals surface area contributed by atoms with Gasteiger partial charge in [0.25, 0.3) is 0 Å². The molecule has 0 heterocycles. The van der Waals surface area contributed by atoms with Crippen molar-refractivity contribution < 1.29 is 0 Å². The molecule has 0 aromatic carbocycles. The Kier molecular flexibility index (Phi) is 5.94. The lowest BCUT2D eigenvalue weighted by atomic mass is 10.3. The normalized spacial score (nSPS) is 13.0. The molecule has 0 aliphatic rings. The molecule has 0 aliphatic heterocycles. The van der Waals surface area contributed by atoms with E-state index in [4.69, 9.17) is 0 Å². The Morgan fingerprint density at radius 3 is 2.78 bits per heavy atom. The third kappa shape index (κ3) is 5.77. The Balaban J connectivity index is 3.55. The standard InChI is InChI=1S/C7H12BrN/c1-3-4-5-7(8)6-9-2/h5-6H,3-4H2,1-2H3/b7-5+,9-6?. The number of halogens is 1. The van der Waals surface area contributed by atoms with Gasteiger partial charge in [-0.15, -0.1) is 0 Å². The Bertz CT molecular complexity index is 116. The Morgan fingerprint density at radius 2 is 2.33 bits per heavy atom. The Labute approximate surface area is 65.0 Å². The molecule has 2 heteroatoms. The van der Waals surface area contributed by atoms with Crippen molar-refractivity contribution in [2.24, 2.45) is 4.99 Å². The summed E-state index contributed by atoms with van der Waals surface area (Å²) in [5.74, 6) is 0. The van der Waals surface area contributed by atoms with E-state index in [2.05, 4.69) is 33.9 Å². The van der Waals surface area contributed by atoms with Gasteiger partial charge in [-0.2, -0.15) is 0 Å². The van der Waals surface area contributed by atoms with Crippen molar-refractivity contribution in [2.45, 2.75) is 19.8 Å². The number of hydrogen-bond donors (Lipinski definition) is 0. The van der Waals surface area contributed by atoms with Gasteiger partial charge in [-0.1, -0.05) is 19.4 Å². The van der Waals surface area contributed by atoms with Gasteiger partial charge in [-0.05, 0) is 22.4 Å². The number of allylic oxidation sites excluding steroid dienone is 2. The minimum atomic E-state index is 1.08. The summed E-state index contributed by atoms with van der Waals surface area (Å²) < 4.78 is 1.08. The van der Waals surface area contributed by atoms with E-state index in [0.29, 0.717) is 0 Å². The van der Waals surface area contributed by atoms with Crippen LogP contribution in [0.5, 0.6) is 0 Å². The molecule has 0 saturated heterocycles. The third-order valence-electron chi connectivity index (χ3n) is 0.880. The van der Waals surface area contributed by atoms with Crippen LogP contribution in [-0.2, 0) is 0 Å². The number of aliphatic imine (C=N–C) groups is 1. The fraction of sp³-hybridized carbons (Fsp3) is 0.571. The summed E-state index contributed by atoms with van der Waals surface area (Å²) >= 11 is 3.35. The van der Waals surface area contributed by atoms with Gasteiger partial charge in [0.05, 0.1) is 0 Å². The van der Waals surface area contributed by atoms with Crippen LogP contribution in [0.15, 0.2) is 15.6 Å². The van der Waals surface area contributed by atoms with Crippen LogP contribution in [0, 0.1) is 0 Å². The average Bonchev–Trinajstić information content (AvgIpc) is 1.85. The van der Waals surface area contributed by atoms with Crippen LogP contribution in [-0.4, -0.2) is 13.3 Å². The van der Waals surface area contributed by atoms with E-state index in [1.165, 1.54) is 6.42 Å². The van der Waals surface area contributed by atoms with Crippen LogP contribution >= 0.6 is 15.9 Å². The molecule has 0 atom stereocenters. The van der Waals surface area contributed by atoms with Crippen LogP contribution in [0.25, 0.3) is 0 Å². The zero-order chi connectivity index (χ0) is 7.11. The highest BCUT2D eigenvalue weighted by Gasteiger charge is 1.80. The zero-order valence-electron chi connectivity index (χ0n) is 5.89. The molecule has 0 aromatic rings. The molecular weight excluding hydrogens is 178 g/mol. The van der Waals surface area contributed by atoms with Gasteiger partial charge in [0.15, 0.2) is 0 Å². The minimum Gasteiger partial charge on any atom is -0.295 e. The number of nitrogens with zero attached hydrogens (tertiary/aromatic N) is 1. The van der Waals surface area contributed by atoms with Crippen molar-refractivity contribution in [1.82, 2.24) is 0 Å². The second kappa shape index (κ2) is 6.02. The van der Waals surface area contributed by atoms with Crippen LogP contribution in [0.2, 0.25) is 0 Å². The predicted molar refractivity (Wildman–Crippen MR) is 46.3 cm³/mol. The molecule has 0 aliphatic carbocycles. The summed E-state index contributed by atoms with van der Waals surface area (Å²) in [6.45, 7) is 2.15. The van der Waals surface area contributed by atoms with Crippen LogP contribution in [0.4, 0.5) is 0 Å². The van der Waals surface area contributed by atoms with E-state index in [9.17, 15) is 0 Å². The first kappa shape index (κ1) is 8.89. The van der Waals surface area contributed by atoms with Crippen molar-refractivity contribution in [3.8, 4) is 0 Å². The maximum atomic E-state index is 3.85. The van der Waals surface area contributed by atoms with Crippen molar-refractivity contribution >= 4 is 22.1 Å². The topological polar surface area (TPSA) is 12.4 Å². The summed E-state index contributed by atoms with van der Waals surface area (Å²) in [5, 5.41) is 0. The lowest BCUT2D eigenvalue weighted by Gasteiger charge is -1.85. The van der Waals surface area contributed by atoms with Crippen molar-refractivity contribution in [1.29, 1.82) is 0 Å². The third-order valence-corrected chi connectivity index (χ3v) is 1.41. The molecule has 0 unspecified atom stereocenters. The molecule has 0 radical (unpaired) electrons. The first-order valence-corrected chi connectivity index (χ1v) is 3.88. The maximum absolute atomic E-state index is 3.85. The molecule has 0 amide bonds. The molecule has 0 saturated carbocycles. The Morgan fingerprint density at radius 1 is 1.67 bits per heavy atom. The average molecular weight is 190 g/mol. The lowest BCUT2D eigenvalue weighted by molar-refractivity contribution is 0.959. The van der Waals surface area contributed by atoms with Crippen LogP contribution < -0.4 is 0 Å². The van der Waals surface area contributed by atoms with E-state index in [1.807, 2.05) is 0 Å². The molecule has 52 valence electrons. The SMILES string of the molecule is CCC/C=C(/Br)C=NC. The molecule has 0 bridgehead atoms. The fourth-order valence-corrected chi connectivity index (χ4v) is 0.892. The second-order valence-corrected chi connectivity index (χ2v) is 2.68. The molecule has 0 spiro atoms. The van der Waals surface area contributed by atoms with Gasteiger partial charge in [0, 0.05) is 17.7 Å². The first-order chi connectivity index (χ1) is 4.31. The van der Waals surface area contributed by atoms with E-state index in [1.54, 1.807) is 13.3 Å². The highest BCUT2D eigenvalue weighted by atomic mass is 79.9. The highest BCUT2D eigenvalue weighted by molar-refractivity contribution is 9.12. The summed E-state index contributed by atoms with van der Waals surface area (Å²) in [5.41, 5.74) is 0. The predicted octanol–water partition coefficient (Wildman–Crippen LogP) is 2.77. The monoisotopic (exact) mass is 189 g/mol. The van der Waals surface area contributed by atoms with Crippen LogP contribution in [0.3, 0.4) is 0 Å². The van der Waals surface area contributed by atoms with Gasteiger partial charge in [-0.25, -0.2) is 0 Å². The molecule has 9 heavy (non-hydrogen) atoms. The fourth-order valence-electron chi connectivity index (χ4n) is 0.458. The van der Waals surface area contributed by atoms with Gasteiger partial charge < -0.3 is 0 Å². The summed E-state index contributed by atoms with van der Waals surface area (Å²) in [6.07, 6.45) is 6.22. The number of hydrogen-bond acceptors (Lipinski definition) is 1. The first-order valence-electron chi connectivity index (χ1n) is 3.09. The van der Waals surface area contributed by atoms with Gasteiger partial charge >= 0.3 is 0 Å². The molecule has 0 aromatic heterocycles. The molecule has 0 fully saturated rings. The van der Waals surface area contributed by atoms with Gasteiger partial charge in [0.2, 0.25) is 0 Å². The van der Waals surface area contributed by atoms with Crippen molar-refractivity contribution in [3.63, 3.8) is 0 Å². The largest absolute Gasteiger partial charge is 0.295 e. The highest BCUT2D eigenvalue weighted by Crippen LogP contribution is 2.03. The second-order valence-electron chi connectivity index (χ2n) is 1.76. The summed E-state index contributed by atoms with van der Waals surface area (Å²) in [4.78, 5) is 3.85. The maximum Gasteiger partial charge on any atom is 0.0347 e. The molecule has 0 N–H and O–H groups in total. The zero-order valence-corrected chi connectivity index (χ0v) is 7.48. The quantitative estimate of drug-likeness (QED) is 0.606. The van der Waals surface area contributed by atoms with Crippen LogP contribution in [0.1, 0.15) is 19.8 Å². The minimum absolute atomic E-state index is 1.08. The lowest BCUT2D eigenvalue weighted by Crippen LogP contribution is -1.72. The summed E-state index contributed by atoms with van der Waals surface area (Å²) in [6, 6.07) is 0. The molecular formula is C7H12BrN. The molecule has 1 nitrogen and oxygen atoms in total. The van der Waals surface area contributed by atoms with Crippen molar-refractivity contribution in [3.05, 3.63) is 10.6 Å². The van der Waals surface area contributed by atoms with E-state index >= 15 is 0 Å². The van der Waals surface area contributed by atoms with Gasteiger partial charge in [0.1, 0.15) is 0 Å². The number of rotatable bonds is 3. The summed E-state index contributed by atoms with van der Waals surface area (Å²) in [7, 11) is 1.76. The van der Waals surface area contributed by atoms with Gasteiger partial charge in [-0.3, -0.25) is 4.99 Å². The smallest absolute Gasteiger partial charge is 0.0347 e. The van der Waals surface area contributed by atoms with E-state index < -0.39 is 0 Å². The molecule has 0 rings (SSSR count). The van der Waals surface area contributed by atoms with Crippen molar-refractivity contribution in [2.75, 3.05) is 7.05 Å². The van der Waals surface area contributed by atoms with E-state index in [-0.39, 0.29) is 0 Å². The van der Waals surface area contributed by atoms with E-state index in [0.717, 1.165) is 10.9 Å².